The van der Waals surface area contributed by atoms with Gasteiger partial charge in [-0.2, -0.15) is 0 Å². The molecule has 0 bridgehead atoms. The number of amides is 3. The first-order valence-corrected chi connectivity index (χ1v) is 12.1. The SMILES string of the molecule is CC(O)C(NC(=O)C(CCCCN)NC(=O)C(N)Cc1ccc(O)cc1)C(=O)NC(CCC(=O)O)C(=O)O. The summed E-state index contributed by atoms with van der Waals surface area (Å²) in [6, 6.07) is 0.758. The molecule has 1 rings (SSSR count). The highest BCUT2D eigenvalue weighted by Gasteiger charge is 2.32. The summed E-state index contributed by atoms with van der Waals surface area (Å²) in [4.78, 5) is 60.6. The molecule has 0 heterocycles. The first-order valence-electron chi connectivity index (χ1n) is 12.1. The number of nitrogens with one attached hydrogen (secondary N) is 3. The normalized spacial score (nSPS) is 14.8. The van der Waals surface area contributed by atoms with Gasteiger partial charge in [0, 0.05) is 6.42 Å². The fourth-order valence-corrected chi connectivity index (χ4v) is 3.46. The summed E-state index contributed by atoms with van der Waals surface area (Å²) in [7, 11) is 0. The highest BCUT2D eigenvalue weighted by atomic mass is 16.4. The molecule has 0 saturated carbocycles. The van der Waals surface area contributed by atoms with Crippen molar-refractivity contribution in [3.05, 3.63) is 29.8 Å². The van der Waals surface area contributed by atoms with Crippen LogP contribution in [-0.2, 0) is 30.4 Å². The molecule has 0 saturated heterocycles. The Kier molecular flexibility index (Phi) is 13.7. The maximum atomic E-state index is 13.0. The fraction of sp³-hybridized carbons (Fsp3) is 0.542. The van der Waals surface area contributed by atoms with E-state index in [2.05, 4.69) is 16.0 Å². The molecular weight excluding hydrogens is 502 g/mol. The predicted octanol–water partition coefficient (Wildman–Crippen LogP) is -1.82. The molecule has 212 valence electrons. The van der Waals surface area contributed by atoms with Gasteiger partial charge in [0.2, 0.25) is 17.7 Å². The number of phenols is 1. The molecule has 0 aliphatic carbocycles. The molecular formula is C24H37N5O9. The number of aliphatic hydroxyl groups is 1. The molecule has 0 fully saturated rings. The number of carbonyl (C=O) groups is 5. The first-order chi connectivity index (χ1) is 17.8. The van der Waals surface area contributed by atoms with E-state index in [1.54, 1.807) is 12.1 Å². The van der Waals surface area contributed by atoms with Crippen LogP contribution in [-0.4, -0.2) is 86.9 Å². The Hall–Kier alpha value is -3.75. The average Bonchev–Trinajstić information content (AvgIpc) is 2.84. The van der Waals surface area contributed by atoms with E-state index < -0.39 is 72.8 Å². The van der Waals surface area contributed by atoms with Gasteiger partial charge in [-0.15, -0.1) is 0 Å². The van der Waals surface area contributed by atoms with Gasteiger partial charge in [-0.3, -0.25) is 19.2 Å². The Bertz CT molecular complexity index is 955. The number of aliphatic hydroxyl groups excluding tert-OH is 1. The zero-order valence-electron chi connectivity index (χ0n) is 21.1. The van der Waals surface area contributed by atoms with Crippen LogP contribution in [0.15, 0.2) is 24.3 Å². The number of rotatable bonds is 17. The van der Waals surface area contributed by atoms with Crippen molar-refractivity contribution in [2.75, 3.05) is 6.54 Å². The molecule has 1 aromatic rings. The number of carboxylic acids is 2. The van der Waals surface area contributed by atoms with E-state index in [0.717, 1.165) is 0 Å². The summed E-state index contributed by atoms with van der Waals surface area (Å²) < 4.78 is 0. The number of aromatic hydroxyl groups is 1. The second-order valence-electron chi connectivity index (χ2n) is 8.88. The monoisotopic (exact) mass is 539 g/mol. The highest BCUT2D eigenvalue weighted by Crippen LogP contribution is 2.11. The number of hydrogen-bond donors (Lipinski definition) is 9. The molecule has 0 aromatic heterocycles. The van der Waals surface area contributed by atoms with E-state index in [4.69, 9.17) is 16.6 Å². The fourth-order valence-electron chi connectivity index (χ4n) is 3.46. The Labute approximate surface area is 219 Å². The molecule has 0 aliphatic rings. The third-order valence-corrected chi connectivity index (χ3v) is 5.63. The highest BCUT2D eigenvalue weighted by molar-refractivity contribution is 5.94. The van der Waals surface area contributed by atoms with Crippen LogP contribution in [0, 0.1) is 0 Å². The van der Waals surface area contributed by atoms with Crippen molar-refractivity contribution in [2.45, 2.75) is 75.7 Å². The van der Waals surface area contributed by atoms with E-state index in [1.165, 1.54) is 19.1 Å². The van der Waals surface area contributed by atoms with E-state index >= 15 is 0 Å². The molecule has 3 amide bonds. The Balaban J connectivity index is 2.93. The topological polar surface area (TPSA) is 254 Å². The quantitative estimate of drug-likeness (QED) is 0.0995. The van der Waals surface area contributed by atoms with Gasteiger partial charge < -0.3 is 47.8 Å². The standard InChI is InChI=1S/C24H37N5O9/c1-13(30)20(23(36)28-18(24(37)38)9-10-19(32)33)29-22(35)17(4-2-3-11-25)27-21(34)16(26)12-14-5-7-15(31)8-6-14/h5-8,13,16-18,20,30-31H,2-4,9-12,25-26H2,1H3,(H,27,34)(H,28,36)(H,29,35)(H,32,33)(H,37,38). The minimum Gasteiger partial charge on any atom is -0.508 e. The van der Waals surface area contributed by atoms with Gasteiger partial charge in [0.25, 0.3) is 0 Å². The van der Waals surface area contributed by atoms with Gasteiger partial charge in [0.1, 0.15) is 23.9 Å². The van der Waals surface area contributed by atoms with Crippen molar-refractivity contribution in [1.29, 1.82) is 0 Å². The van der Waals surface area contributed by atoms with Crippen molar-refractivity contribution >= 4 is 29.7 Å². The van der Waals surface area contributed by atoms with E-state index in [9.17, 15) is 39.3 Å². The number of carbonyl (C=O) groups excluding carboxylic acids is 3. The lowest BCUT2D eigenvalue weighted by atomic mass is 10.0. The van der Waals surface area contributed by atoms with Crippen molar-refractivity contribution < 1.29 is 44.4 Å². The lowest BCUT2D eigenvalue weighted by Gasteiger charge is -2.26. The summed E-state index contributed by atoms with van der Waals surface area (Å²) in [5.41, 5.74) is 12.2. The number of hydrogen-bond acceptors (Lipinski definition) is 9. The number of carboxylic acid groups (broad SMARTS) is 2. The molecule has 14 nitrogen and oxygen atoms in total. The Morgan fingerprint density at radius 3 is 2.00 bits per heavy atom. The lowest BCUT2D eigenvalue weighted by molar-refractivity contribution is -0.144. The van der Waals surface area contributed by atoms with Crippen LogP contribution in [0.25, 0.3) is 0 Å². The summed E-state index contributed by atoms with van der Waals surface area (Å²) >= 11 is 0. The second-order valence-corrected chi connectivity index (χ2v) is 8.88. The zero-order chi connectivity index (χ0) is 28.8. The van der Waals surface area contributed by atoms with Gasteiger partial charge in [0.05, 0.1) is 12.1 Å². The summed E-state index contributed by atoms with van der Waals surface area (Å²) in [6.07, 6.45) is -1.13. The van der Waals surface area contributed by atoms with Crippen molar-refractivity contribution in [1.82, 2.24) is 16.0 Å². The van der Waals surface area contributed by atoms with Crippen LogP contribution in [0.2, 0.25) is 0 Å². The third kappa shape index (κ3) is 11.5. The number of benzene rings is 1. The predicted molar refractivity (Wildman–Crippen MR) is 135 cm³/mol. The summed E-state index contributed by atoms with van der Waals surface area (Å²) in [5.74, 6) is -5.19. The number of phenolic OH excluding ortho intramolecular Hbond substituents is 1. The summed E-state index contributed by atoms with van der Waals surface area (Å²) in [5, 5.41) is 44.5. The van der Waals surface area contributed by atoms with Crippen LogP contribution < -0.4 is 27.4 Å². The van der Waals surface area contributed by atoms with Gasteiger partial charge >= 0.3 is 11.9 Å². The van der Waals surface area contributed by atoms with Crippen LogP contribution in [0.1, 0.15) is 44.6 Å². The van der Waals surface area contributed by atoms with Crippen molar-refractivity contribution in [3.8, 4) is 5.75 Å². The second kappa shape index (κ2) is 16.2. The first kappa shape index (κ1) is 32.3. The van der Waals surface area contributed by atoms with E-state index in [-0.39, 0.29) is 18.6 Å². The number of aliphatic carboxylic acids is 2. The molecule has 5 unspecified atom stereocenters. The van der Waals surface area contributed by atoms with Gasteiger partial charge in [-0.05, 0) is 63.3 Å². The van der Waals surface area contributed by atoms with Gasteiger partial charge in [-0.1, -0.05) is 12.1 Å². The molecule has 14 heteroatoms. The maximum Gasteiger partial charge on any atom is 0.326 e. The lowest BCUT2D eigenvalue weighted by Crippen LogP contribution is -2.60. The number of nitrogens with two attached hydrogens (primary N) is 2. The molecule has 0 spiro atoms. The maximum absolute atomic E-state index is 13.0. The summed E-state index contributed by atoms with van der Waals surface area (Å²) in [6.45, 7) is 1.54. The minimum atomic E-state index is -1.59. The smallest absolute Gasteiger partial charge is 0.326 e. The zero-order valence-corrected chi connectivity index (χ0v) is 21.1. The molecule has 1 aromatic carbocycles. The third-order valence-electron chi connectivity index (χ3n) is 5.63. The molecule has 5 atom stereocenters. The van der Waals surface area contributed by atoms with Crippen LogP contribution in [0.3, 0.4) is 0 Å². The van der Waals surface area contributed by atoms with Crippen molar-refractivity contribution in [3.63, 3.8) is 0 Å². The van der Waals surface area contributed by atoms with Gasteiger partial charge in [0.15, 0.2) is 0 Å². The number of unbranched alkanes of at least 4 members (excludes halogenated alkanes) is 1. The largest absolute Gasteiger partial charge is 0.508 e. The van der Waals surface area contributed by atoms with Crippen LogP contribution in [0.5, 0.6) is 5.75 Å². The van der Waals surface area contributed by atoms with Crippen LogP contribution in [0.4, 0.5) is 0 Å². The van der Waals surface area contributed by atoms with E-state index in [1.807, 2.05) is 0 Å². The molecule has 0 radical (unpaired) electrons. The average molecular weight is 540 g/mol. The van der Waals surface area contributed by atoms with Crippen molar-refractivity contribution in [2.24, 2.45) is 11.5 Å². The van der Waals surface area contributed by atoms with E-state index in [0.29, 0.717) is 24.9 Å². The van der Waals surface area contributed by atoms with Crippen LogP contribution >= 0.6 is 0 Å². The Morgan fingerprint density at radius 1 is 0.868 bits per heavy atom. The van der Waals surface area contributed by atoms with Gasteiger partial charge in [-0.25, -0.2) is 4.79 Å². The molecule has 0 aliphatic heterocycles. The molecule has 38 heavy (non-hydrogen) atoms. The Morgan fingerprint density at radius 2 is 1.47 bits per heavy atom. The molecule has 11 N–H and O–H groups in total. The minimum absolute atomic E-state index is 0.0525.